The normalized spacial score (nSPS) is 12.3. The van der Waals surface area contributed by atoms with Crippen LogP contribution in [0.4, 0.5) is 4.39 Å². The molecule has 3 nitrogen and oxygen atoms in total. The number of pyridine rings is 1. The number of nitrogens with zero attached hydrogens (tertiary/aromatic N) is 1. The number of amides is 1. The average Bonchev–Trinajstić information content (AvgIpc) is 2.51. The molecule has 4 heteroatoms. The van der Waals surface area contributed by atoms with Gasteiger partial charge in [0, 0.05) is 13.0 Å². The summed E-state index contributed by atoms with van der Waals surface area (Å²) in [6, 6.07) is 9.03. The van der Waals surface area contributed by atoms with Crippen molar-refractivity contribution in [3.05, 3.63) is 78.8 Å². The van der Waals surface area contributed by atoms with Gasteiger partial charge in [0.2, 0.25) is 0 Å². The van der Waals surface area contributed by atoms with Gasteiger partial charge in [-0.25, -0.2) is 4.39 Å². The fourth-order valence-electron chi connectivity index (χ4n) is 1.91. The third-order valence-electron chi connectivity index (χ3n) is 3.23. The van der Waals surface area contributed by atoms with Crippen LogP contribution in [0.5, 0.6) is 0 Å². The molecule has 22 heavy (non-hydrogen) atoms. The maximum Gasteiger partial charge on any atom is 0.253 e. The second-order valence-corrected chi connectivity index (χ2v) is 4.97. The van der Waals surface area contributed by atoms with Gasteiger partial charge < -0.3 is 5.32 Å². The van der Waals surface area contributed by atoms with Gasteiger partial charge in [-0.3, -0.25) is 9.78 Å². The summed E-state index contributed by atoms with van der Waals surface area (Å²) < 4.78 is 12.6. The molecule has 0 unspecified atom stereocenters. The molecule has 0 fully saturated rings. The van der Waals surface area contributed by atoms with E-state index in [-0.39, 0.29) is 13.4 Å². The highest BCUT2D eigenvalue weighted by Crippen LogP contribution is 2.13. The number of para-hydroxylation sites is 1. The van der Waals surface area contributed by atoms with E-state index >= 15 is 0 Å². The Hall–Kier alpha value is -2.75. The number of nitrogens with one attached hydrogen (secondary N) is 1. The molecule has 1 amide bonds. The van der Waals surface area contributed by atoms with Crippen molar-refractivity contribution < 1.29 is 10.6 Å². The predicted octanol–water partition coefficient (Wildman–Crippen LogP) is 4.19. The number of benzene rings is 1. The van der Waals surface area contributed by atoms with Crippen molar-refractivity contribution in [3.8, 4) is 0 Å². The molecule has 114 valence electrons. The van der Waals surface area contributed by atoms with E-state index in [1.807, 2.05) is 24.3 Å². The zero-order chi connectivity index (χ0) is 16.1. The van der Waals surface area contributed by atoms with Crippen LogP contribution in [-0.4, -0.2) is 16.9 Å². The van der Waals surface area contributed by atoms with Gasteiger partial charge in [-0.1, -0.05) is 37.4 Å². The number of allylic oxidation sites excluding steroid dienone is 2. The van der Waals surface area contributed by atoms with Crippen molar-refractivity contribution in [3.63, 3.8) is 0 Å². The molecule has 1 aromatic heterocycles. The highest BCUT2D eigenvalue weighted by molar-refractivity contribution is 5.97. The van der Waals surface area contributed by atoms with Crippen LogP contribution in [0.3, 0.4) is 0 Å². The topological polar surface area (TPSA) is 42.0 Å². The minimum Gasteiger partial charge on any atom is -0.345 e. The van der Waals surface area contributed by atoms with E-state index < -0.39 is 5.83 Å². The molecule has 2 rings (SSSR count). The fourth-order valence-corrected chi connectivity index (χ4v) is 1.91. The van der Waals surface area contributed by atoms with Crippen molar-refractivity contribution in [1.82, 2.24) is 10.3 Å². The van der Waals surface area contributed by atoms with Gasteiger partial charge in [0.1, 0.15) is 5.83 Å². The van der Waals surface area contributed by atoms with Crippen LogP contribution >= 0.6 is 0 Å². The van der Waals surface area contributed by atoms with Gasteiger partial charge in [-0.05, 0) is 30.7 Å². The second kappa shape index (κ2) is 6.80. The zero-order valence-electron chi connectivity index (χ0n) is 12.3. The summed E-state index contributed by atoms with van der Waals surface area (Å²) in [5, 5.41) is 3.70. The first-order valence-corrected chi connectivity index (χ1v) is 6.84. The van der Waals surface area contributed by atoms with Gasteiger partial charge in [0.25, 0.3) is 5.91 Å². The largest absolute Gasteiger partial charge is 0.345 e. The first-order valence-electron chi connectivity index (χ1n) is 6.84. The summed E-state index contributed by atoms with van der Waals surface area (Å²) in [7, 11) is 0. The van der Waals surface area contributed by atoms with E-state index in [1.165, 1.54) is 18.3 Å². The molecule has 2 aromatic rings. The summed E-state index contributed by atoms with van der Waals surface area (Å²) in [6.45, 7) is 8.71. The fraction of sp³-hybridized carbons (Fsp3) is 0.111. The van der Waals surface area contributed by atoms with Crippen molar-refractivity contribution >= 4 is 16.8 Å². The van der Waals surface area contributed by atoms with Crippen LogP contribution in [0.1, 0.15) is 18.7 Å². The van der Waals surface area contributed by atoms with Gasteiger partial charge in [-0.2, -0.15) is 0 Å². The van der Waals surface area contributed by atoms with E-state index in [0.29, 0.717) is 11.1 Å². The Morgan fingerprint density at radius 3 is 2.82 bits per heavy atom. The quantitative estimate of drug-likeness (QED) is 0.841. The van der Waals surface area contributed by atoms with Crippen molar-refractivity contribution in [2.75, 3.05) is 0 Å². The minimum atomic E-state index is -0.557. The Kier molecular flexibility index (Phi) is 4.84. The van der Waals surface area contributed by atoms with Crippen LogP contribution in [0.2, 0.25) is 0 Å². The Morgan fingerprint density at radius 2 is 2.09 bits per heavy atom. The molecule has 0 bridgehead atoms. The molecule has 1 N–H and O–H groups in total. The monoisotopic (exact) mass is 298 g/mol. The van der Waals surface area contributed by atoms with Crippen molar-refractivity contribution in [1.29, 1.82) is 0 Å². The van der Waals surface area contributed by atoms with Crippen molar-refractivity contribution in [2.24, 2.45) is 0 Å². The maximum absolute atomic E-state index is 12.6. The number of hydrogen-bond acceptors (Lipinski definition) is 2. The van der Waals surface area contributed by atoms with E-state index in [1.54, 1.807) is 13.0 Å². The van der Waals surface area contributed by atoms with Crippen LogP contribution in [0.25, 0.3) is 10.9 Å². The molecule has 0 saturated heterocycles. The Morgan fingerprint density at radius 1 is 1.36 bits per heavy atom. The summed E-state index contributed by atoms with van der Waals surface area (Å²) >= 11 is 0. The maximum atomic E-state index is 12.6. The molecule has 0 radical (unpaired) electrons. The van der Waals surface area contributed by atoms with Crippen LogP contribution < -0.4 is 5.32 Å². The molecular formula is C18H19FN2O. The smallest absolute Gasteiger partial charge is 0.253 e. The molecule has 0 aliphatic heterocycles. The van der Waals surface area contributed by atoms with E-state index in [2.05, 4.69) is 23.5 Å². The lowest BCUT2D eigenvalue weighted by Crippen LogP contribution is -2.33. The number of carbonyl (C=O) groups excluding carboxylic acids is 1. The first-order chi connectivity index (χ1) is 10.5. The van der Waals surface area contributed by atoms with Crippen LogP contribution in [0, 0.1) is 0 Å². The van der Waals surface area contributed by atoms with Gasteiger partial charge in [-0.15, -0.1) is 0 Å². The van der Waals surface area contributed by atoms with Gasteiger partial charge in [0.15, 0.2) is 0 Å². The Balaban J connectivity index is 0.00000264. The Labute approximate surface area is 130 Å². The number of carbonyl (C=O) groups is 1. The highest BCUT2D eigenvalue weighted by Gasteiger charge is 2.12. The van der Waals surface area contributed by atoms with Crippen LogP contribution in [-0.2, 0) is 0 Å². The molecule has 1 aromatic carbocycles. The van der Waals surface area contributed by atoms with E-state index in [9.17, 15) is 9.18 Å². The predicted molar refractivity (Wildman–Crippen MR) is 89.3 cm³/mol. The summed E-state index contributed by atoms with van der Waals surface area (Å²) in [6.07, 6.45) is 4.24. The number of hydrogen-bond donors (Lipinski definition) is 1. The number of fused-ring (bicyclic) bond motifs is 1. The molecule has 0 aliphatic carbocycles. The lowest BCUT2D eigenvalue weighted by molar-refractivity contribution is 0.0945. The summed E-state index contributed by atoms with van der Waals surface area (Å²) in [5.41, 5.74) is 1.89. The SMILES string of the molecule is C=C(F)/C=C\C(=C)[C@@H](C)NC(=O)c1cnc2ccccc2c1.[HH]. The molecule has 1 atom stereocenters. The van der Waals surface area contributed by atoms with Crippen molar-refractivity contribution in [2.45, 2.75) is 13.0 Å². The molecule has 0 aliphatic rings. The highest BCUT2D eigenvalue weighted by atomic mass is 19.1. The van der Waals surface area contributed by atoms with Gasteiger partial charge in [0.05, 0.1) is 17.1 Å². The third kappa shape index (κ3) is 3.88. The van der Waals surface area contributed by atoms with E-state index in [0.717, 1.165) is 10.9 Å². The third-order valence-corrected chi connectivity index (χ3v) is 3.23. The van der Waals surface area contributed by atoms with Gasteiger partial charge >= 0.3 is 0 Å². The molecule has 1 heterocycles. The lowest BCUT2D eigenvalue weighted by Gasteiger charge is -2.14. The van der Waals surface area contributed by atoms with Crippen LogP contribution in [0.15, 0.2) is 73.2 Å². The number of halogens is 1. The number of aromatic nitrogens is 1. The zero-order valence-corrected chi connectivity index (χ0v) is 12.3. The Bertz CT molecular complexity index is 770. The summed E-state index contributed by atoms with van der Waals surface area (Å²) in [5.74, 6) is -0.808. The van der Waals surface area contributed by atoms with E-state index in [4.69, 9.17) is 0 Å². The minimum absolute atomic E-state index is 0. The molecule has 0 saturated carbocycles. The molecular weight excluding hydrogens is 279 g/mol. The second-order valence-electron chi connectivity index (χ2n) is 4.97. The average molecular weight is 298 g/mol. The molecule has 0 spiro atoms. The lowest BCUT2D eigenvalue weighted by atomic mass is 10.1. The first kappa shape index (κ1) is 15.6. The standard InChI is InChI=1S/C18H17FN2O.H2/c1-12(8-9-13(2)19)14(3)21-18(22)16-10-15-6-4-5-7-17(15)20-11-16;/h4-11,14H,1-2H2,3H3,(H,21,22);1H/b9-8-;/t14-;/m1./s1. The summed E-state index contributed by atoms with van der Waals surface area (Å²) in [4.78, 5) is 16.5. The number of rotatable bonds is 5.